The summed E-state index contributed by atoms with van der Waals surface area (Å²) in [5.41, 5.74) is 5.00. The van der Waals surface area contributed by atoms with Crippen molar-refractivity contribution < 1.29 is 17.6 Å². The smallest absolute Gasteiger partial charge is 0.326 e. The molecule has 0 unspecified atom stereocenters. The van der Waals surface area contributed by atoms with Gasteiger partial charge in [-0.15, -0.1) is 5.10 Å². The molecular formula is C5H6F4N4. The van der Waals surface area contributed by atoms with Gasteiger partial charge in [0, 0.05) is 0 Å². The van der Waals surface area contributed by atoms with E-state index in [0.717, 1.165) is 6.33 Å². The average molecular weight is 198 g/mol. The Bertz CT molecular complexity index is 284. The van der Waals surface area contributed by atoms with Crippen molar-refractivity contribution in [2.45, 2.75) is 18.9 Å². The van der Waals surface area contributed by atoms with Gasteiger partial charge in [0.2, 0.25) is 5.95 Å². The number of rotatable bonds is 3. The van der Waals surface area contributed by atoms with Gasteiger partial charge in [-0.05, 0) is 0 Å². The quantitative estimate of drug-likeness (QED) is 0.729. The number of halogens is 4. The largest absolute Gasteiger partial charge is 0.367 e. The van der Waals surface area contributed by atoms with Crippen molar-refractivity contribution in [1.29, 1.82) is 0 Å². The minimum Gasteiger partial charge on any atom is -0.367 e. The molecule has 1 heterocycles. The van der Waals surface area contributed by atoms with Crippen LogP contribution in [0.3, 0.4) is 0 Å². The second-order valence-electron chi connectivity index (χ2n) is 2.36. The summed E-state index contributed by atoms with van der Waals surface area (Å²) in [5, 5.41) is 3.25. The van der Waals surface area contributed by atoms with E-state index in [1.807, 2.05) is 0 Å². The van der Waals surface area contributed by atoms with Crippen molar-refractivity contribution in [1.82, 2.24) is 14.8 Å². The molecule has 1 aromatic heterocycles. The molecule has 0 amide bonds. The van der Waals surface area contributed by atoms with Crippen molar-refractivity contribution in [2.24, 2.45) is 0 Å². The van der Waals surface area contributed by atoms with Gasteiger partial charge in [0.25, 0.3) is 0 Å². The Morgan fingerprint density at radius 2 is 2.15 bits per heavy atom. The molecule has 1 aromatic rings. The molecule has 1 rings (SSSR count). The average Bonchev–Trinajstić information content (AvgIpc) is 2.34. The highest BCUT2D eigenvalue weighted by molar-refractivity contribution is 5.09. The zero-order valence-electron chi connectivity index (χ0n) is 6.29. The number of nitrogen functional groups attached to an aromatic ring is 1. The second kappa shape index (κ2) is 3.19. The first-order valence-electron chi connectivity index (χ1n) is 3.23. The number of hydrogen-bond donors (Lipinski definition) is 1. The summed E-state index contributed by atoms with van der Waals surface area (Å²) in [6.07, 6.45) is -2.86. The molecule has 0 saturated carbocycles. The Balaban J connectivity index is 2.68. The van der Waals surface area contributed by atoms with Gasteiger partial charge in [0.1, 0.15) is 12.9 Å². The van der Waals surface area contributed by atoms with Gasteiger partial charge in [0.15, 0.2) is 0 Å². The molecular weight excluding hydrogens is 192 g/mol. The van der Waals surface area contributed by atoms with Crippen LogP contribution >= 0.6 is 0 Å². The maximum absolute atomic E-state index is 12.4. The molecule has 2 N–H and O–H groups in total. The fraction of sp³-hybridized carbons (Fsp3) is 0.600. The first-order chi connectivity index (χ1) is 5.92. The minimum atomic E-state index is -4.11. The van der Waals surface area contributed by atoms with E-state index in [9.17, 15) is 17.6 Å². The lowest BCUT2D eigenvalue weighted by molar-refractivity contribution is -0.139. The van der Waals surface area contributed by atoms with E-state index >= 15 is 0 Å². The van der Waals surface area contributed by atoms with Crippen LogP contribution in [0.1, 0.15) is 0 Å². The molecule has 4 nitrogen and oxygen atoms in total. The molecule has 8 heteroatoms. The lowest BCUT2D eigenvalue weighted by Gasteiger charge is -2.13. The molecule has 74 valence electrons. The van der Waals surface area contributed by atoms with Crippen molar-refractivity contribution in [3.05, 3.63) is 6.33 Å². The maximum atomic E-state index is 12.4. The Morgan fingerprint density at radius 1 is 1.54 bits per heavy atom. The van der Waals surface area contributed by atoms with Crippen LogP contribution in [0.4, 0.5) is 23.5 Å². The first kappa shape index (κ1) is 9.75. The summed E-state index contributed by atoms with van der Waals surface area (Å²) in [7, 11) is 0. The third-order valence-corrected chi connectivity index (χ3v) is 1.25. The van der Waals surface area contributed by atoms with Crippen LogP contribution in [0.2, 0.25) is 0 Å². The number of alkyl halides is 4. The molecule has 0 radical (unpaired) electrons. The Kier molecular flexibility index (Phi) is 2.39. The van der Waals surface area contributed by atoms with Crippen LogP contribution in [-0.2, 0) is 6.54 Å². The molecule has 0 fully saturated rings. The van der Waals surface area contributed by atoms with E-state index in [-0.39, 0.29) is 5.95 Å². The predicted molar refractivity (Wildman–Crippen MR) is 35.4 cm³/mol. The van der Waals surface area contributed by atoms with Gasteiger partial charge in [-0.25, -0.2) is 18.4 Å². The summed E-state index contributed by atoms with van der Waals surface area (Å²) in [4.78, 5) is 3.31. The molecule has 0 atom stereocenters. The fourth-order valence-corrected chi connectivity index (χ4v) is 0.670. The van der Waals surface area contributed by atoms with Crippen molar-refractivity contribution in [3.8, 4) is 0 Å². The standard InChI is InChI=1S/C5H6F4N4/c6-3(7)5(8,9)1-13-2-11-4(10)12-13/h2-3H,1H2,(H2,10,12). The van der Waals surface area contributed by atoms with E-state index in [1.165, 1.54) is 0 Å². The fourth-order valence-electron chi connectivity index (χ4n) is 0.670. The summed E-state index contributed by atoms with van der Waals surface area (Å²) in [5.74, 6) is -4.34. The Labute approximate surface area is 70.4 Å². The topological polar surface area (TPSA) is 56.7 Å². The van der Waals surface area contributed by atoms with Crippen LogP contribution in [0, 0.1) is 0 Å². The third kappa shape index (κ3) is 2.30. The summed E-state index contributed by atoms with van der Waals surface area (Å²) in [6.45, 7) is -1.23. The van der Waals surface area contributed by atoms with E-state index < -0.39 is 18.9 Å². The van der Waals surface area contributed by atoms with Crippen molar-refractivity contribution >= 4 is 5.95 Å². The maximum Gasteiger partial charge on any atom is 0.326 e. The van der Waals surface area contributed by atoms with E-state index in [2.05, 4.69) is 10.1 Å². The first-order valence-corrected chi connectivity index (χ1v) is 3.23. The predicted octanol–water partition coefficient (Wildman–Crippen LogP) is 0.761. The number of nitrogens with zero attached hydrogens (tertiary/aromatic N) is 3. The molecule has 0 saturated heterocycles. The number of nitrogens with two attached hydrogens (primary N) is 1. The van der Waals surface area contributed by atoms with E-state index in [0.29, 0.717) is 4.68 Å². The zero-order valence-corrected chi connectivity index (χ0v) is 6.29. The molecule has 0 aliphatic rings. The highest BCUT2D eigenvalue weighted by atomic mass is 19.3. The summed E-state index contributed by atoms with van der Waals surface area (Å²) >= 11 is 0. The summed E-state index contributed by atoms with van der Waals surface area (Å²) < 4.78 is 48.6. The lowest BCUT2D eigenvalue weighted by atomic mass is 10.3. The lowest BCUT2D eigenvalue weighted by Crippen LogP contribution is -2.32. The SMILES string of the molecule is Nc1ncn(CC(F)(F)C(F)F)n1. The van der Waals surface area contributed by atoms with Gasteiger partial charge >= 0.3 is 12.3 Å². The highest BCUT2D eigenvalue weighted by Gasteiger charge is 2.41. The van der Waals surface area contributed by atoms with Gasteiger partial charge in [0.05, 0.1) is 0 Å². The second-order valence-corrected chi connectivity index (χ2v) is 2.36. The van der Waals surface area contributed by atoms with Gasteiger partial charge in [-0.2, -0.15) is 8.78 Å². The van der Waals surface area contributed by atoms with Crippen LogP contribution in [0.5, 0.6) is 0 Å². The molecule has 0 aromatic carbocycles. The number of anilines is 1. The Morgan fingerprint density at radius 3 is 2.54 bits per heavy atom. The van der Waals surface area contributed by atoms with E-state index in [1.54, 1.807) is 0 Å². The minimum absolute atomic E-state index is 0.231. The molecule has 0 aliphatic heterocycles. The highest BCUT2D eigenvalue weighted by Crippen LogP contribution is 2.24. The third-order valence-electron chi connectivity index (χ3n) is 1.25. The van der Waals surface area contributed by atoms with Gasteiger partial charge < -0.3 is 5.73 Å². The molecule has 0 aliphatic carbocycles. The monoisotopic (exact) mass is 198 g/mol. The van der Waals surface area contributed by atoms with Gasteiger partial charge in [-0.3, -0.25) is 0 Å². The van der Waals surface area contributed by atoms with Crippen LogP contribution in [0.15, 0.2) is 6.33 Å². The van der Waals surface area contributed by atoms with Crippen molar-refractivity contribution in [3.63, 3.8) is 0 Å². The van der Waals surface area contributed by atoms with Crippen molar-refractivity contribution in [2.75, 3.05) is 5.73 Å². The summed E-state index contributed by atoms with van der Waals surface area (Å²) in [6, 6.07) is 0. The molecule has 0 bridgehead atoms. The molecule has 13 heavy (non-hydrogen) atoms. The van der Waals surface area contributed by atoms with E-state index in [4.69, 9.17) is 5.73 Å². The normalized spacial score (nSPS) is 12.4. The van der Waals surface area contributed by atoms with Crippen LogP contribution in [0.25, 0.3) is 0 Å². The van der Waals surface area contributed by atoms with Crippen LogP contribution < -0.4 is 5.73 Å². The molecule has 0 spiro atoms. The number of aromatic nitrogens is 3. The number of hydrogen-bond acceptors (Lipinski definition) is 3. The Hall–Kier alpha value is -1.34. The van der Waals surface area contributed by atoms with Crippen LogP contribution in [-0.4, -0.2) is 27.1 Å². The zero-order chi connectivity index (χ0) is 10.1. The van der Waals surface area contributed by atoms with Gasteiger partial charge in [-0.1, -0.05) is 0 Å².